The fraction of sp³-hybridized carbons (Fsp3) is 0.462. The standard InChI is InChI=1S/C13H16IN3O2/c14-10-11-5-7-12(8-6-11)19-13(18)4-2-1-3-9-16-17-15/h5-8H,1-4,9-10H2. The fourth-order valence-electron chi connectivity index (χ4n) is 1.50. The average Bonchev–Trinajstić information content (AvgIpc) is 2.43. The predicted octanol–water partition coefficient (Wildman–Crippen LogP) is 4.40. The SMILES string of the molecule is [N-]=[N+]=NCCCCCC(=O)Oc1ccc(CI)cc1. The molecule has 0 aliphatic heterocycles. The Bertz CT molecular complexity index is 442. The molecule has 1 rings (SSSR count). The number of azide groups is 1. The third-order valence-corrected chi connectivity index (χ3v) is 3.39. The van der Waals surface area contributed by atoms with Gasteiger partial charge in [-0.05, 0) is 36.1 Å². The maximum atomic E-state index is 11.6. The topological polar surface area (TPSA) is 75.1 Å². The van der Waals surface area contributed by atoms with Crippen LogP contribution in [0.5, 0.6) is 5.75 Å². The molecule has 0 unspecified atom stereocenters. The Morgan fingerprint density at radius 1 is 1.26 bits per heavy atom. The summed E-state index contributed by atoms with van der Waals surface area (Å²) in [6.07, 6.45) is 2.82. The van der Waals surface area contributed by atoms with Gasteiger partial charge < -0.3 is 4.74 Å². The maximum absolute atomic E-state index is 11.6. The minimum Gasteiger partial charge on any atom is -0.427 e. The number of ether oxygens (including phenoxy) is 1. The highest BCUT2D eigenvalue weighted by atomic mass is 127. The van der Waals surface area contributed by atoms with Crippen molar-refractivity contribution in [2.75, 3.05) is 6.54 Å². The van der Waals surface area contributed by atoms with Crippen molar-refractivity contribution >= 4 is 28.6 Å². The smallest absolute Gasteiger partial charge is 0.311 e. The van der Waals surface area contributed by atoms with Crippen LogP contribution in [0.15, 0.2) is 29.4 Å². The molecule has 102 valence electrons. The summed E-state index contributed by atoms with van der Waals surface area (Å²) in [6, 6.07) is 7.53. The summed E-state index contributed by atoms with van der Waals surface area (Å²) in [5.41, 5.74) is 9.30. The van der Waals surface area contributed by atoms with Gasteiger partial charge in [-0.3, -0.25) is 4.79 Å². The molecule has 0 N–H and O–H groups in total. The second kappa shape index (κ2) is 9.63. The third kappa shape index (κ3) is 7.03. The number of unbranched alkanes of at least 4 members (excludes halogenated alkanes) is 2. The van der Waals surface area contributed by atoms with Gasteiger partial charge in [-0.25, -0.2) is 0 Å². The molecule has 1 aromatic carbocycles. The molecule has 6 heteroatoms. The molecule has 0 aliphatic carbocycles. The molecule has 1 aromatic rings. The lowest BCUT2D eigenvalue weighted by Crippen LogP contribution is -2.07. The van der Waals surface area contributed by atoms with Crippen LogP contribution in [0.4, 0.5) is 0 Å². The van der Waals surface area contributed by atoms with Crippen molar-refractivity contribution < 1.29 is 9.53 Å². The largest absolute Gasteiger partial charge is 0.427 e. The monoisotopic (exact) mass is 373 g/mol. The first-order chi connectivity index (χ1) is 9.26. The molecular formula is C13H16IN3O2. The van der Waals surface area contributed by atoms with E-state index in [-0.39, 0.29) is 5.97 Å². The molecule has 0 heterocycles. The second-order valence-electron chi connectivity index (χ2n) is 4.02. The van der Waals surface area contributed by atoms with Crippen molar-refractivity contribution in [2.45, 2.75) is 30.1 Å². The van der Waals surface area contributed by atoms with Gasteiger partial charge in [-0.15, -0.1) is 0 Å². The van der Waals surface area contributed by atoms with Gasteiger partial charge in [0.2, 0.25) is 0 Å². The number of halogens is 1. The molecule has 0 fully saturated rings. The summed E-state index contributed by atoms with van der Waals surface area (Å²) < 4.78 is 6.16. The number of carbonyl (C=O) groups excluding carboxylic acids is 1. The van der Waals surface area contributed by atoms with E-state index < -0.39 is 0 Å². The lowest BCUT2D eigenvalue weighted by Gasteiger charge is -2.04. The Kier molecular flexibility index (Phi) is 8.00. The fourth-order valence-corrected chi connectivity index (χ4v) is 2.01. The minimum atomic E-state index is -0.217. The lowest BCUT2D eigenvalue weighted by molar-refractivity contribution is -0.134. The number of hydrogen-bond acceptors (Lipinski definition) is 3. The van der Waals surface area contributed by atoms with Crippen LogP contribution in [0.2, 0.25) is 0 Å². The molecular weight excluding hydrogens is 357 g/mol. The molecule has 0 amide bonds. The van der Waals surface area contributed by atoms with Gasteiger partial charge in [-0.1, -0.05) is 46.3 Å². The van der Waals surface area contributed by atoms with E-state index in [9.17, 15) is 4.79 Å². The van der Waals surface area contributed by atoms with Crippen molar-refractivity contribution in [3.63, 3.8) is 0 Å². The Balaban J connectivity index is 2.21. The summed E-state index contributed by atoms with van der Waals surface area (Å²) in [7, 11) is 0. The van der Waals surface area contributed by atoms with Gasteiger partial charge in [0, 0.05) is 22.3 Å². The molecule has 0 atom stereocenters. The van der Waals surface area contributed by atoms with Gasteiger partial charge in [0.15, 0.2) is 0 Å². The molecule has 5 nitrogen and oxygen atoms in total. The van der Waals surface area contributed by atoms with Crippen molar-refractivity contribution in [1.29, 1.82) is 0 Å². The number of nitrogens with zero attached hydrogens (tertiary/aromatic N) is 3. The van der Waals surface area contributed by atoms with Crippen LogP contribution in [-0.4, -0.2) is 12.5 Å². The zero-order valence-corrected chi connectivity index (χ0v) is 12.7. The van der Waals surface area contributed by atoms with E-state index >= 15 is 0 Å². The second-order valence-corrected chi connectivity index (χ2v) is 4.78. The molecule has 0 aromatic heterocycles. The van der Waals surface area contributed by atoms with Crippen molar-refractivity contribution in [3.8, 4) is 5.75 Å². The summed E-state index contributed by atoms with van der Waals surface area (Å²) in [4.78, 5) is 14.2. The third-order valence-electron chi connectivity index (χ3n) is 2.51. The van der Waals surface area contributed by atoms with Gasteiger partial charge in [0.1, 0.15) is 5.75 Å². The molecule has 0 saturated carbocycles. The van der Waals surface area contributed by atoms with Crippen LogP contribution >= 0.6 is 22.6 Å². The lowest BCUT2D eigenvalue weighted by atomic mass is 10.2. The maximum Gasteiger partial charge on any atom is 0.311 e. The van der Waals surface area contributed by atoms with Crippen molar-refractivity contribution in [2.24, 2.45) is 5.11 Å². The Morgan fingerprint density at radius 2 is 2.00 bits per heavy atom. The Hall–Kier alpha value is -1.27. The average molecular weight is 373 g/mol. The predicted molar refractivity (Wildman–Crippen MR) is 82.3 cm³/mol. The molecule has 19 heavy (non-hydrogen) atoms. The molecule has 0 bridgehead atoms. The highest BCUT2D eigenvalue weighted by Crippen LogP contribution is 2.15. The van der Waals surface area contributed by atoms with E-state index in [0.717, 1.165) is 23.7 Å². The highest BCUT2D eigenvalue weighted by molar-refractivity contribution is 14.1. The first-order valence-electron chi connectivity index (χ1n) is 6.12. The van der Waals surface area contributed by atoms with Gasteiger partial charge >= 0.3 is 5.97 Å². The van der Waals surface area contributed by atoms with Crippen LogP contribution in [0.1, 0.15) is 31.2 Å². The van der Waals surface area contributed by atoms with Gasteiger partial charge in [-0.2, -0.15) is 0 Å². The molecule has 0 aliphatic rings. The zero-order chi connectivity index (χ0) is 13.9. The quantitative estimate of drug-likeness (QED) is 0.0990. The molecule has 0 saturated heterocycles. The van der Waals surface area contributed by atoms with E-state index in [0.29, 0.717) is 18.7 Å². The zero-order valence-electron chi connectivity index (χ0n) is 10.6. The number of rotatable bonds is 8. The number of hydrogen-bond donors (Lipinski definition) is 0. The first kappa shape index (κ1) is 15.8. The number of carbonyl (C=O) groups is 1. The van der Waals surface area contributed by atoms with E-state index in [1.165, 1.54) is 5.56 Å². The van der Waals surface area contributed by atoms with E-state index in [4.69, 9.17) is 10.3 Å². The minimum absolute atomic E-state index is 0.217. The van der Waals surface area contributed by atoms with Crippen LogP contribution in [0.3, 0.4) is 0 Å². The number of benzene rings is 1. The van der Waals surface area contributed by atoms with Crippen LogP contribution in [0, 0.1) is 0 Å². The van der Waals surface area contributed by atoms with Crippen LogP contribution in [0.25, 0.3) is 10.4 Å². The Morgan fingerprint density at radius 3 is 2.63 bits per heavy atom. The normalized spacial score (nSPS) is 9.74. The molecule has 0 radical (unpaired) electrons. The van der Waals surface area contributed by atoms with Gasteiger partial charge in [0.05, 0.1) is 0 Å². The van der Waals surface area contributed by atoms with Crippen molar-refractivity contribution in [1.82, 2.24) is 0 Å². The van der Waals surface area contributed by atoms with E-state index in [1.807, 2.05) is 24.3 Å². The summed E-state index contributed by atoms with van der Waals surface area (Å²) in [5, 5.41) is 3.44. The van der Waals surface area contributed by atoms with Crippen molar-refractivity contribution in [3.05, 3.63) is 40.3 Å². The van der Waals surface area contributed by atoms with E-state index in [2.05, 4.69) is 32.6 Å². The summed E-state index contributed by atoms with van der Waals surface area (Å²) in [6.45, 7) is 0.489. The first-order valence-corrected chi connectivity index (χ1v) is 7.65. The molecule has 0 spiro atoms. The number of esters is 1. The van der Waals surface area contributed by atoms with Crippen LogP contribution in [-0.2, 0) is 9.22 Å². The summed E-state index contributed by atoms with van der Waals surface area (Å²) >= 11 is 2.28. The van der Waals surface area contributed by atoms with E-state index in [1.54, 1.807) is 0 Å². The Labute approximate surface area is 126 Å². The highest BCUT2D eigenvalue weighted by Gasteiger charge is 2.04. The van der Waals surface area contributed by atoms with Crippen LogP contribution < -0.4 is 4.74 Å². The number of alkyl halides is 1. The summed E-state index contributed by atoms with van der Waals surface area (Å²) in [5.74, 6) is 0.374. The van der Waals surface area contributed by atoms with Gasteiger partial charge in [0.25, 0.3) is 0 Å².